The molecule has 2 aromatic rings. The summed E-state index contributed by atoms with van der Waals surface area (Å²) in [5, 5.41) is 11.0. The van der Waals surface area contributed by atoms with Crippen LogP contribution >= 0.6 is 0 Å². The zero-order valence-corrected chi connectivity index (χ0v) is 13.3. The molecule has 0 atom stereocenters. The van der Waals surface area contributed by atoms with Crippen molar-refractivity contribution >= 4 is 11.5 Å². The van der Waals surface area contributed by atoms with Gasteiger partial charge in [0.1, 0.15) is 0 Å². The smallest absolute Gasteiger partial charge is 0.269 e. The molecule has 0 spiro atoms. The molecule has 0 amide bonds. The number of Topliss-reactive ketones (excluding diaryl/α,β-unsaturated/α-hetero) is 1. The van der Waals surface area contributed by atoms with E-state index in [2.05, 4.69) is 18.4 Å². The lowest BCUT2D eigenvalue weighted by Crippen LogP contribution is -2.28. The van der Waals surface area contributed by atoms with Gasteiger partial charge < -0.3 is 4.57 Å². The van der Waals surface area contributed by atoms with Gasteiger partial charge in [0.2, 0.25) is 0 Å². The van der Waals surface area contributed by atoms with Gasteiger partial charge in [-0.05, 0) is 36.0 Å². The van der Waals surface area contributed by atoms with Crippen LogP contribution in [-0.2, 0) is 19.4 Å². The van der Waals surface area contributed by atoms with Gasteiger partial charge in [-0.2, -0.15) is 0 Å². The molecule has 0 saturated heterocycles. The quantitative estimate of drug-likeness (QED) is 0.595. The molecule has 0 radical (unpaired) electrons. The Hall–Kier alpha value is -2.43. The second kappa shape index (κ2) is 4.54. The van der Waals surface area contributed by atoms with Crippen molar-refractivity contribution in [3.63, 3.8) is 0 Å². The summed E-state index contributed by atoms with van der Waals surface area (Å²) in [7, 11) is 0. The number of nitro benzene ring substituents is 1. The number of hydrogen-bond donors (Lipinski definition) is 0. The molecular weight excluding hydrogens is 292 g/mol. The van der Waals surface area contributed by atoms with Crippen LogP contribution in [0.1, 0.15) is 41.9 Å². The number of ketones is 1. The topological polar surface area (TPSA) is 65.1 Å². The number of carbonyl (C=O) groups is 1. The van der Waals surface area contributed by atoms with Gasteiger partial charge in [-0.25, -0.2) is 0 Å². The predicted octanol–water partition coefficient (Wildman–Crippen LogP) is 3.77. The Morgan fingerprint density at radius 3 is 2.70 bits per heavy atom. The second-order valence-corrected chi connectivity index (χ2v) is 7.33. The summed E-state index contributed by atoms with van der Waals surface area (Å²) in [5.41, 5.74) is 5.13. The van der Waals surface area contributed by atoms with Gasteiger partial charge in [-0.3, -0.25) is 14.9 Å². The Morgan fingerprint density at radius 1 is 1.17 bits per heavy atom. The van der Waals surface area contributed by atoms with Crippen molar-refractivity contribution in [3.8, 4) is 11.3 Å². The van der Waals surface area contributed by atoms with Crippen LogP contribution < -0.4 is 0 Å². The average molecular weight is 310 g/mol. The summed E-state index contributed by atoms with van der Waals surface area (Å²) < 4.78 is 2.24. The summed E-state index contributed by atoms with van der Waals surface area (Å²) >= 11 is 0. The third kappa shape index (κ3) is 2.11. The summed E-state index contributed by atoms with van der Waals surface area (Å²) in [4.78, 5) is 23.1. The molecule has 118 valence electrons. The summed E-state index contributed by atoms with van der Waals surface area (Å²) in [6.45, 7) is 5.05. The first kappa shape index (κ1) is 14.2. The van der Waals surface area contributed by atoms with E-state index in [1.807, 2.05) is 12.1 Å². The predicted molar refractivity (Wildman–Crippen MR) is 86.7 cm³/mol. The van der Waals surface area contributed by atoms with Crippen LogP contribution in [0.25, 0.3) is 11.3 Å². The maximum absolute atomic E-state index is 12.5. The van der Waals surface area contributed by atoms with E-state index in [1.165, 1.54) is 0 Å². The largest absolute Gasteiger partial charge is 0.344 e. The lowest BCUT2D eigenvalue weighted by Gasteiger charge is -2.30. The van der Waals surface area contributed by atoms with E-state index < -0.39 is 0 Å². The van der Waals surface area contributed by atoms with Crippen LogP contribution in [0.15, 0.2) is 24.3 Å². The maximum Gasteiger partial charge on any atom is 0.269 e. The molecule has 1 aromatic carbocycles. The standard InChI is InChI=1S/C18H18N2O3/c1-18(2)9-16-14(17(21)10-18)8-15-13-4-3-12(20(22)23)7-11(13)5-6-19(15)16/h3-4,7-8H,5-6,9-10H2,1-2H3. The molecule has 1 aliphatic heterocycles. The number of nitrogens with zero attached hydrogens (tertiary/aromatic N) is 2. The van der Waals surface area contributed by atoms with Crippen LogP contribution in [0.4, 0.5) is 5.69 Å². The molecule has 0 N–H and O–H groups in total. The Kier molecular flexibility index (Phi) is 2.80. The fraction of sp³-hybridized carbons (Fsp3) is 0.389. The Labute approximate surface area is 134 Å². The number of benzene rings is 1. The minimum absolute atomic E-state index is 0.00500. The molecule has 1 aromatic heterocycles. The van der Waals surface area contributed by atoms with Crippen LogP contribution in [0.5, 0.6) is 0 Å². The highest BCUT2D eigenvalue weighted by Crippen LogP contribution is 2.41. The molecule has 0 bridgehead atoms. The lowest BCUT2D eigenvalue weighted by atomic mass is 9.76. The minimum atomic E-state index is -0.356. The van der Waals surface area contributed by atoms with E-state index in [1.54, 1.807) is 12.1 Å². The first-order valence-corrected chi connectivity index (χ1v) is 7.89. The number of aryl methyl sites for hydroxylation is 1. The van der Waals surface area contributed by atoms with E-state index in [0.29, 0.717) is 6.42 Å². The Bertz CT molecular complexity index is 861. The SMILES string of the molecule is CC1(C)CC(=O)c2cc3n(c2C1)CCc1cc([N+](=O)[O-])ccc1-3. The van der Waals surface area contributed by atoms with Gasteiger partial charge in [0, 0.05) is 47.6 Å². The van der Waals surface area contributed by atoms with E-state index in [-0.39, 0.29) is 21.8 Å². The highest BCUT2D eigenvalue weighted by atomic mass is 16.6. The number of non-ortho nitro benzene ring substituents is 1. The minimum Gasteiger partial charge on any atom is -0.344 e. The summed E-state index contributed by atoms with van der Waals surface area (Å²) in [5.74, 6) is 0.210. The second-order valence-electron chi connectivity index (χ2n) is 7.33. The molecule has 0 unspecified atom stereocenters. The van der Waals surface area contributed by atoms with Crippen molar-refractivity contribution in [2.45, 2.75) is 39.7 Å². The van der Waals surface area contributed by atoms with Crippen LogP contribution in [0.2, 0.25) is 0 Å². The molecular formula is C18H18N2O3. The molecule has 0 saturated carbocycles. The first-order valence-electron chi connectivity index (χ1n) is 7.89. The highest BCUT2D eigenvalue weighted by molar-refractivity contribution is 6.00. The number of carbonyl (C=O) groups excluding carboxylic acids is 1. The van der Waals surface area contributed by atoms with E-state index in [0.717, 1.165) is 47.5 Å². The molecule has 5 heteroatoms. The Morgan fingerprint density at radius 2 is 1.96 bits per heavy atom. The van der Waals surface area contributed by atoms with Crippen LogP contribution in [0.3, 0.4) is 0 Å². The normalized spacial score (nSPS) is 18.1. The van der Waals surface area contributed by atoms with Gasteiger partial charge in [0.25, 0.3) is 5.69 Å². The zero-order valence-electron chi connectivity index (χ0n) is 13.3. The highest BCUT2D eigenvalue weighted by Gasteiger charge is 2.35. The van der Waals surface area contributed by atoms with E-state index in [4.69, 9.17) is 0 Å². The number of hydrogen-bond acceptors (Lipinski definition) is 3. The number of nitro groups is 1. The maximum atomic E-state index is 12.5. The fourth-order valence-corrected chi connectivity index (χ4v) is 3.93. The van der Waals surface area contributed by atoms with Gasteiger partial charge in [-0.15, -0.1) is 0 Å². The van der Waals surface area contributed by atoms with Crippen molar-refractivity contribution in [2.24, 2.45) is 5.41 Å². The van der Waals surface area contributed by atoms with Crippen molar-refractivity contribution in [1.82, 2.24) is 4.57 Å². The fourth-order valence-electron chi connectivity index (χ4n) is 3.93. The van der Waals surface area contributed by atoms with E-state index >= 15 is 0 Å². The van der Waals surface area contributed by atoms with Crippen LogP contribution in [0, 0.1) is 15.5 Å². The van der Waals surface area contributed by atoms with Gasteiger partial charge in [0.05, 0.1) is 4.92 Å². The molecule has 23 heavy (non-hydrogen) atoms. The third-order valence-electron chi connectivity index (χ3n) is 4.97. The van der Waals surface area contributed by atoms with Gasteiger partial charge >= 0.3 is 0 Å². The van der Waals surface area contributed by atoms with Crippen molar-refractivity contribution in [1.29, 1.82) is 0 Å². The molecule has 5 nitrogen and oxygen atoms in total. The van der Waals surface area contributed by atoms with Crippen molar-refractivity contribution in [2.75, 3.05) is 0 Å². The molecule has 2 heterocycles. The third-order valence-corrected chi connectivity index (χ3v) is 4.97. The Balaban J connectivity index is 1.88. The van der Waals surface area contributed by atoms with Crippen molar-refractivity contribution < 1.29 is 9.72 Å². The lowest BCUT2D eigenvalue weighted by molar-refractivity contribution is -0.384. The molecule has 0 fully saturated rings. The van der Waals surface area contributed by atoms with E-state index in [9.17, 15) is 14.9 Å². The average Bonchev–Trinajstić information content (AvgIpc) is 2.84. The number of fused-ring (bicyclic) bond motifs is 5. The van der Waals surface area contributed by atoms with Gasteiger partial charge in [0.15, 0.2) is 5.78 Å². The molecule has 2 aliphatic rings. The zero-order chi connectivity index (χ0) is 16.4. The van der Waals surface area contributed by atoms with Crippen molar-refractivity contribution in [3.05, 3.63) is 51.2 Å². The monoisotopic (exact) mass is 310 g/mol. The summed E-state index contributed by atoms with van der Waals surface area (Å²) in [6.07, 6.45) is 2.24. The molecule has 4 rings (SSSR count). The number of rotatable bonds is 1. The van der Waals surface area contributed by atoms with Crippen LogP contribution in [-0.4, -0.2) is 15.3 Å². The molecule has 1 aliphatic carbocycles. The first-order chi connectivity index (χ1) is 10.9. The summed E-state index contributed by atoms with van der Waals surface area (Å²) in [6, 6.07) is 7.01. The van der Waals surface area contributed by atoms with Gasteiger partial charge in [-0.1, -0.05) is 13.8 Å². The number of aromatic nitrogens is 1.